The zero-order valence-corrected chi connectivity index (χ0v) is 16.7. The molecule has 1 N–H and O–H groups in total. The van der Waals surface area contributed by atoms with E-state index in [9.17, 15) is 10.1 Å². The molecule has 28 heavy (non-hydrogen) atoms. The Morgan fingerprint density at radius 2 is 1.89 bits per heavy atom. The second kappa shape index (κ2) is 8.97. The van der Waals surface area contributed by atoms with Gasteiger partial charge in [0.25, 0.3) is 5.22 Å². The largest absolute Gasteiger partial charge is 0.497 e. The van der Waals surface area contributed by atoms with Gasteiger partial charge in [-0.05, 0) is 25.0 Å². The minimum Gasteiger partial charge on any atom is -0.497 e. The lowest BCUT2D eigenvalue weighted by atomic mass is 9.83. The van der Waals surface area contributed by atoms with Crippen LogP contribution in [0.3, 0.4) is 0 Å². The fourth-order valence-electron chi connectivity index (χ4n) is 3.17. The van der Waals surface area contributed by atoms with Crippen LogP contribution >= 0.6 is 11.8 Å². The molecule has 0 unspecified atom stereocenters. The van der Waals surface area contributed by atoms with Gasteiger partial charge in [0.05, 0.1) is 26.0 Å². The highest BCUT2D eigenvalue weighted by Gasteiger charge is 2.33. The number of hydrogen-bond acceptors (Lipinski definition) is 8. The summed E-state index contributed by atoms with van der Waals surface area (Å²) < 4.78 is 16.1. The summed E-state index contributed by atoms with van der Waals surface area (Å²) >= 11 is 1.14. The van der Waals surface area contributed by atoms with E-state index in [1.54, 1.807) is 32.4 Å². The minimum absolute atomic E-state index is 0.104. The fourth-order valence-corrected chi connectivity index (χ4v) is 3.73. The molecule has 0 spiro atoms. The first kappa shape index (κ1) is 20.0. The summed E-state index contributed by atoms with van der Waals surface area (Å²) in [5.74, 6) is 1.41. The summed E-state index contributed by atoms with van der Waals surface area (Å²) in [6, 6.07) is 7.55. The lowest BCUT2D eigenvalue weighted by Crippen LogP contribution is -2.49. The van der Waals surface area contributed by atoms with E-state index in [4.69, 9.17) is 13.9 Å². The molecule has 0 aliphatic heterocycles. The average Bonchev–Trinajstić information content (AvgIpc) is 3.21. The number of benzene rings is 1. The Balaban J connectivity index is 1.62. The summed E-state index contributed by atoms with van der Waals surface area (Å²) in [5.41, 5.74) is -0.0850. The second-order valence-electron chi connectivity index (χ2n) is 6.57. The van der Waals surface area contributed by atoms with Crippen molar-refractivity contribution < 1.29 is 18.7 Å². The standard InChI is InChI=1S/C19H22N4O4S/c1-25-14-8-13(9-15(10-14)26-2)17-22-23-18(27-17)28-11-16(24)21-19(12-20)6-4-3-5-7-19/h8-10H,3-7,11H2,1-2H3,(H,21,24). The van der Waals surface area contributed by atoms with Gasteiger partial charge in [-0.25, -0.2) is 0 Å². The number of carbonyl (C=O) groups excluding carboxylic acids is 1. The van der Waals surface area contributed by atoms with E-state index in [1.165, 1.54) is 0 Å². The Bertz CT molecular complexity index is 849. The Labute approximate surface area is 167 Å². The smallest absolute Gasteiger partial charge is 0.277 e. The van der Waals surface area contributed by atoms with Crippen LogP contribution in [0.5, 0.6) is 11.5 Å². The van der Waals surface area contributed by atoms with Gasteiger partial charge in [-0.15, -0.1) is 10.2 Å². The van der Waals surface area contributed by atoms with Crippen LogP contribution in [0.1, 0.15) is 32.1 Å². The maximum absolute atomic E-state index is 12.3. The molecule has 8 nitrogen and oxygen atoms in total. The van der Waals surface area contributed by atoms with Crippen LogP contribution in [0.15, 0.2) is 27.8 Å². The molecule has 1 heterocycles. The lowest BCUT2D eigenvalue weighted by molar-refractivity contribution is -0.120. The molecule has 1 aromatic carbocycles. The lowest BCUT2D eigenvalue weighted by Gasteiger charge is -2.31. The third-order valence-corrected chi connectivity index (χ3v) is 5.45. The number of ether oxygens (including phenoxy) is 2. The molecule has 1 aliphatic rings. The molecule has 1 amide bonds. The number of amides is 1. The molecule has 148 valence electrons. The van der Waals surface area contributed by atoms with Crippen molar-refractivity contribution in [2.45, 2.75) is 42.9 Å². The van der Waals surface area contributed by atoms with Gasteiger partial charge in [-0.1, -0.05) is 31.0 Å². The van der Waals surface area contributed by atoms with Gasteiger partial charge in [-0.3, -0.25) is 4.79 Å². The normalized spacial score (nSPS) is 15.5. The number of carbonyl (C=O) groups is 1. The van der Waals surface area contributed by atoms with Gasteiger partial charge in [0, 0.05) is 11.6 Å². The number of aromatic nitrogens is 2. The van der Waals surface area contributed by atoms with Crippen molar-refractivity contribution in [2.24, 2.45) is 0 Å². The maximum atomic E-state index is 12.3. The predicted octanol–water partition coefficient (Wildman–Crippen LogP) is 3.19. The third-order valence-electron chi connectivity index (χ3n) is 4.63. The minimum atomic E-state index is -0.743. The molecule has 2 aromatic rings. The predicted molar refractivity (Wildman–Crippen MR) is 103 cm³/mol. The summed E-state index contributed by atoms with van der Waals surface area (Å²) in [6.45, 7) is 0. The molecule has 1 aliphatic carbocycles. The maximum Gasteiger partial charge on any atom is 0.277 e. The fraction of sp³-hybridized carbons (Fsp3) is 0.474. The number of thioether (sulfide) groups is 1. The Hall–Kier alpha value is -2.73. The van der Waals surface area contributed by atoms with E-state index < -0.39 is 5.54 Å². The molecule has 0 radical (unpaired) electrons. The molecule has 1 fully saturated rings. The van der Waals surface area contributed by atoms with Gasteiger partial charge >= 0.3 is 0 Å². The monoisotopic (exact) mass is 402 g/mol. The number of nitrogens with one attached hydrogen (secondary N) is 1. The van der Waals surface area contributed by atoms with Crippen molar-refractivity contribution in [1.82, 2.24) is 15.5 Å². The van der Waals surface area contributed by atoms with Crippen LogP contribution in [0.25, 0.3) is 11.5 Å². The van der Waals surface area contributed by atoms with E-state index in [-0.39, 0.29) is 16.9 Å². The zero-order valence-electron chi connectivity index (χ0n) is 15.9. The van der Waals surface area contributed by atoms with Crippen LogP contribution in [0, 0.1) is 11.3 Å². The van der Waals surface area contributed by atoms with Crippen LogP contribution in [-0.2, 0) is 4.79 Å². The topological polar surface area (TPSA) is 110 Å². The molecule has 0 bridgehead atoms. The molecule has 3 rings (SSSR count). The van der Waals surface area contributed by atoms with Crippen LogP contribution in [-0.4, -0.2) is 41.6 Å². The number of hydrogen-bond donors (Lipinski definition) is 1. The Morgan fingerprint density at radius 1 is 1.21 bits per heavy atom. The first-order valence-corrected chi connectivity index (χ1v) is 9.98. The number of methoxy groups -OCH3 is 2. The summed E-state index contributed by atoms with van der Waals surface area (Å²) in [6.07, 6.45) is 4.41. The van der Waals surface area contributed by atoms with Gasteiger partial charge < -0.3 is 19.2 Å². The summed E-state index contributed by atoms with van der Waals surface area (Å²) in [7, 11) is 3.12. The van der Waals surface area contributed by atoms with E-state index in [1.807, 2.05) is 0 Å². The van der Waals surface area contributed by atoms with Crippen LogP contribution in [0.2, 0.25) is 0 Å². The molecular weight excluding hydrogens is 380 g/mol. The third kappa shape index (κ3) is 4.75. The number of rotatable bonds is 7. The number of nitriles is 1. The molecule has 1 saturated carbocycles. The van der Waals surface area contributed by atoms with Crippen molar-refractivity contribution in [1.29, 1.82) is 5.26 Å². The SMILES string of the molecule is COc1cc(OC)cc(-c2nnc(SCC(=O)NC3(C#N)CCCCC3)o2)c1. The Kier molecular flexibility index (Phi) is 6.41. The summed E-state index contributed by atoms with van der Waals surface area (Å²) in [5, 5.41) is 20.6. The van der Waals surface area contributed by atoms with Gasteiger partial charge in [0.15, 0.2) is 0 Å². The first-order valence-electron chi connectivity index (χ1n) is 8.99. The molecule has 9 heteroatoms. The van der Waals surface area contributed by atoms with E-state index in [0.29, 0.717) is 35.8 Å². The molecule has 0 saturated heterocycles. The number of nitrogens with zero attached hydrogens (tertiary/aromatic N) is 3. The van der Waals surface area contributed by atoms with Crippen molar-refractivity contribution >= 4 is 17.7 Å². The van der Waals surface area contributed by atoms with E-state index in [0.717, 1.165) is 31.0 Å². The summed E-state index contributed by atoms with van der Waals surface area (Å²) in [4.78, 5) is 12.3. The molecule has 0 atom stereocenters. The van der Waals surface area contributed by atoms with Crippen molar-refractivity contribution in [3.8, 4) is 29.0 Å². The highest BCUT2D eigenvalue weighted by molar-refractivity contribution is 7.99. The second-order valence-corrected chi connectivity index (χ2v) is 7.49. The quantitative estimate of drug-likeness (QED) is 0.703. The van der Waals surface area contributed by atoms with Gasteiger partial charge in [0.1, 0.15) is 17.0 Å². The first-order chi connectivity index (χ1) is 13.6. The molecular formula is C19H22N4O4S. The Morgan fingerprint density at radius 3 is 2.50 bits per heavy atom. The van der Waals surface area contributed by atoms with E-state index >= 15 is 0 Å². The van der Waals surface area contributed by atoms with Crippen molar-refractivity contribution in [3.05, 3.63) is 18.2 Å². The van der Waals surface area contributed by atoms with E-state index in [2.05, 4.69) is 21.6 Å². The van der Waals surface area contributed by atoms with Crippen molar-refractivity contribution in [3.63, 3.8) is 0 Å². The van der Waals surface area contributed by atoms with Crippen LogP contribution in [0.4, 0.5) is 0 Å². The van der Waals surface area contributed by atoms with Gasteiger partial charge in [0.2, 0.25) is 11.8 Å². The highest BCUT2D eigenvalue weighted by Crippen LogP contribution is 2.31. The average molecular weight is 402 g/mol. The zero-order chi connectivity index (χ0) is 20.0. The van der Waals surface area contributed by atoms with Gasteiger partial charge in [-0.2, -0.15) is 5.26 Å². The van der Waals surface area contributed by atoms with Crippen LogP contribution < -0.4 is 14.8 Å². The molecule has 1 aromatic heterocycles. The van der Waals surface area contributed by atoms with Crippen molar-refractivity contribution in [2.75, 3.05) is 20.0 Å². The highest BCUT2D eigenvalue weighted by atomic mass is 32.2.